The third-order valence-electron chi connectivity index (χ3n) is 3.84. The van der Waals surface area contributed by atoms with E-state index >= 15 is 0 Å². The number of hydrogen-bond donors (Lipinski definition) is 1. The first kappa shape index (κ1) is 16.0. The molecule has 122 valence electrons. The lowest BCUT2D eigenvalue weighted by atomic mass is 10.1. The van der Waals surface area contributed by atoms with E-state index in [1.54, 1.807) is 36.4 Å². The number of para-hydroxylation sites is 1. The predicted octanol–water partition coefficient (Wildman–Crippen LogP) is 3.28. The van der Waals surface area contributed by atoms with Gasteiger partial charge in [-0.05, 0) is 25.1 Å². The Bertz CT molecular complexity index is 1060. The summed E-state index contributed by atoms with van der Waals surface area (Å²) in [6.07, 6.45) is 1.32. The van der Waals surface area contributed by atoms with Crippen LogP contribution in [-0.4, -0.2) is 23.5 Å². The molecule has 3 aromatic rings. The Morgan fingerprint density at radius 3 is 2.33 bits per heavy atom. The molecule has 0 unspecified atom stereocenters. The van der Waals surface area contributed by atoms with Crippen molar-refractivity contribution < 1.29 is 18.3 Å². The average molecular weight is 341 g/mol. The van der Waals surface area contributed by atoms with E-state index in [4.69, 9.17) is 0 Å². The topological polar surface area (TPSA) is 76.4 Å². The summed E-state index contributed by atoms with van der Waals surface area (Å²) in [6, 6.07) is 13.3. The largest absolute Gasteiger partial charge is 0.478 e. The maximum atomic E-state index is 13.0. The van der Waals surface area contributed by atoms with Crippen LogP contribution in [0.4, 0.5) is 0 Å². The number of aliphatic carboxylic acids is 1. The number of carboxylic acids is 1. The maximum absolute atomic E-state index is 13.0. The number of aromatic nitrogens is 1. The number of carboxylic acid groups (broad SMARTS) is 1. The molecule has 2 aromatic carbocycles. The summed E-state index contributed by atoms with van der Waals surface area (Å²) >= 11 is 0. The highest BCUT2D eigenvalue weighted by Gasteiger charge is 2.23. The van der Waals surface area contributed by atoms with Crippen molar-refractivity contribution in [3.63, 3.8) is 0 Å². The lowest BCUT2D eigenvalue weighted by Crippen LogP contribution is -2.11. The van der Waals surface area contributed by atoms with Gasteiger partial charge in [0.2, 0.25) is 0 Å². The third-order valence-corrected chi connectivity index (χ3v) is 5.53. The van der Waals surface area contributed by atoms with Gasteiger partial charge in [0.05, 0.1) is 16.0 Å². The Labute approximate surface area is 139 Å². The van der Waals surface area contributed by atoms with E-state index in [1.807, 2.05) is 6.92 Å². The molecule has 0 aliphatic heterocycles. The molecule has 0 amide bonds. The zero-order valence-corrected chi connectivity index (χ0v) is 13.7. The van der Waals surface area contributed by atoms with E-state index in [2.05, 4.69) is 6.58 Å². The van der Waals surface area contributed by atoms with E-state index in [0.717, 1.165) is 9.54 Å². The van der Waals surface area contributed by atoms with Crippen LogP contribution in [0.3, 0.4) is 0 Å². The standard InChI is InChI=1S/C18H15NO4S/c1-12-7-9-14(10-8-12)24(22,23)19-11-16(13(2)18(20)21)15-5-3-4-6-17(15)19/h3-11H,2H2,1H3,(H,20,21). The fourth-order valence-electron chi connectivity index (χ4n) is 2.53. The van der Waals surface area contributed by atoms with Gasteiger partial charge < -0.3 is 5.11 Å². The van der Waals surface area contributed by atoms with Gasteiger partial charge in [0.15, 0.2) is 0 Å². The van der Waals surface area contributed by atoms with E-state index in [-0.39, 0.29) is 16.0 Å². The van der Waals surface area contributed by atoms with Gasteiger partial charge in [-0.1, -0.05) is 42.5 Å². The second-order valence-corrected chi connectivity index (χ2v) is 7.27. The Hall–Kier alpha value is -2.86. The first-order chi connectivity index (χ1) is 11.3. The zero-order chi connectivity index (χ0) is 17.5. The van der Waals surface area contributed by atoms with Gasteiger partial charge in [0.1, 0.15) is 0 Å². The number of rotatable bonds is 4. The van der Waals surface area contributed by atoms with Crippen LogP contribution in [0.1, 0.15) is 11.1 Å². The minimum atomic E-state index is -3.84. The van der Waals surface area contributed by atoms with Gasteiger partial charge in [0.25, 0.3) is 10.0 Å². The van der Waals surface area contributed by atoms with Crippen LogP contribution in [0, 0.1) is 6.92 Å². The number of carbonyl (C=O) groups is 1. The van der Waals surface area contributed by atoms with Crippen LogP contribution in [0.2, 0.25) is 0 Å². The van der Waals surface area contributed by atoms with Gasteiger partial charge in [0, 0.05) is 17.1 Å². The van der Waals surface area contributed by atoms with Gasteiger partial charge in [-0.15, -0.1) is 0 Å². The molecule has 0 atom stereocenters. The average Bonchev–Trinajstić information content (AvgIpc) is 2.94. The van der Waals surface area contributed by atoms with E-state index in [0.29, 0.717) is 10.9 Å². The maximum Gasteiger partial charge on any atom is 0.335 e. The summed E-state index contributed by atoms with van der Waals surface area (Å²) in [5.74, 6) is -1.19. The molecule has 0 fully saturated rings. The molecule has 0 aliphatic carbocycles. The molecule has 1 heterocycles. The highest BCUT2D eigenvalue weighted by molar-refractivity contribution is 7.90. The zero-order valence-electron chi connectivity index (χ0n) is 12.9. The smallest absolute Gasteiger partial charge is 0.335 e. The molecule has 0 saturated carbocycles. The number of fused-ring (bicyclic) bond motifs is 1. The van der Waals surface area contributed by atoms with Gasteiger partial charge >= 0.3 is 5.97 Å². The Balaban J connectivity index is 2.29. The fraction of sp³-hybridized carbons (Fsp3) is 0.0556. The summed E-state index contributed by atoms with van der Waals surface area (Å²) in [6.45, 7) is 5.42. The molecule has 24 heavy (non-hydrogen) atoms. The highest BCUT2D eigenvalue weighted by atomic mass is 32.2. The summed E-state index contributed by atoms with van der Waals surface area (Å²) in [5.41, 5.74) is 1.50. The van der Waals surface area contributed by atoms with Gasteiger partial charge in [-0.3, -0.25) is 0 Å². The molecule has 6 heteroatoms. The second kappa shape index (κ2) is 5.65. The summed E-state index contributed by atoms with van der Waals surface area (Å²) in [4.78, 5) is 11.4. The van der Waals surface area contributed by atoms with Gasteiger partial charge in [-0.2, -0.15) is 0 Å². The fourth-order valence-corrected chi connectivity index (χ4v) is 3.90. The number of benzene rings is 2. The van der Waals surface area contributed by atoms with Crippen molar-refractivity contribution >= 4 is 32.5 Å². The first-order valence-corrected chi connectivity index (χ1v) is 8.61. The predicted molar refractivity (Wildman–Crippen MR) is 92.4 cm³/mol. The minimum Gasteiger partial charge on any atom is -0.478 e. The molecule has 3 rings (SSSR count). The van der Waals surface area contributed by atoms with Crippen molar-refractivity contribution in [2.75, 3.05) is 0 Å². The molecule has 0 aliphatic rings. The highest BCUT2D eigenvalue weighted by Crippen LogP contribution is 2.29. The van der Waals surface area contributed by atoms with Crippen LogP contribution < -0.4 is 0 Å². The molecular weight excluding hydrogens is 326 g/mol. The van der Waals surface area contributed by atoms with Crippen molar-refractivity contribution in [3.05, 3.63) is 72.4 Å². The van der Waals surface area contributed by atoms with Gasteiger partial charge in [-0.25, -0.2) is 17.2 Å². The molecular formula is C18H15NO4S. The van der Waals surface area contributed by atoms with Crippen LogP contribution >= 0.6 is 0 Å². The molecule has 5 nitrogen and oxygen atoms in total. The van der Waals surface area contributed by atoms with Crippen molar-refractivity contribution in [1.82, 2.24) is 3.97 Å². The quantitative estimate of drug-likeness (QED) is 0.739. The lowest BCUT2D eigenvalue weighted by molar-refractivity contribution is -0.130. The first-order valence-electron chi connectivity index (χ1n) is 7.17. The molecule has 0 saturated heterocycles. The monoisotopic (exact) mass is 341 g/mol. The molecule has 0 radical (unpaired) electrons. The van der Waals surface area contributed by atoms with Crippen LogP contribution in [-0.2, 0) is 14.8 Å². The Morgan fingerprint density at radius 1 is 1.08 bits per heavy atom. The van der Waals surface area contributed by atoms with Crippen molar-refractivity contribution in [2.24, 2.45) is 0 Å². The Morgan fingerprint density at radius 2 is 1.71 bits per heavy atom. The van der Waals surface area contributed by atoms with E-state index in [9.17, 15) is 18.3 Å². The third kappa shape index (κ3) is 2.51. The second-order valence-electron chi connectivity index (χ2n) is 5.46. The summed E-state index contributed by atoms with van der Waals surface area (Å²) in [5, 5.41) is 9.72. The molecule has 0 bridgehead atoms. The SMILES string of the molecule is C=C(C(=O)O)c1cn(S(=O)(=O)c2ccc(C)cc2)c2ccccc12. The van der Waals surface area contributed by atoms with E-state index < -0.39 is 16.0 Å². The lowest BCUT2D eigenvalue weighted by Gasteiger charge is -2.07. The van der Waals surface area contributed by atoms with Crippen molar-refractivity contribution in [1.29, 1.82) is 0 Å². The van der Waals surface area contributed by atoms with Crippen molar-refractivity contribution in [2.45, 2.75) is 11.8 Å². The van der Waals surface area contributed by atoms with Crippen LogP contribution in [0.15, 0.2) is 66.2 Å². The number of hydrogen-bond acceptors (Lipinski definition) is 3. The summed E-state index contributed by atoms with van der Waals surface area (Å²) < 4.78 is 27.0. The van der Waals surface area contributed by atoms with E-state index in [1.165, 1.54) is 18.3 Å². The normalized spacial score (nSPS) is 11.5. The number of nitrogens with zero attached hydrogens (tertiary/aromatic N) is 1. The summed E-state index contributed by atoms with van der Waals surface area (Å²) in [7, 11) is -3.84. The molecule has 0 spiro atoms. The molecule has 1 aromatic heterocycles. The number of aryl methyl sites for hydroxylation is 1. The van der Waals surface area contributed by atoms with Crippen LogP contribution in [0.25, 0.3) is 16.5 Å². The Kier molecular flexibility index (Phi) is 3.77. The molecule has 1 N–H and O–H groups in total. The van der Waals surface area contributed by atoms with Crippen LogP contribution in [0.5, 0.6) is 0 Å². The van der Waals surface area contributed by atoms with Crippen molar-refractivity contribution in [3.8, 4) is 0 Å². The minimum absolute atomic E-state index is 0.140.